The number of nitrogens with one attached hydrogen (secondary N) is 1. The fraction of sp³-hybridized carbons (Fsp3) is 0.409. The molecule has 1 amide bonds. The number of benzene rings is 1. The molecule has 1 aromatic carbocycles. The van der Waals surface area contributed by atoms with Crippen LogP contribution in [-0.2, 0) is 0 Å². The Kier molecular flexibility index (Phi) is 6.17. The molecule has 0 saturated heterocycles. The van der Waals surface area contributed by atoms with Gasteiger partial charge in [-0.15, -0.1) is 0 Å². The molecule has 1 N–H and O–H groups in total. The molecule has 0 spiro atoms. The summed E-state index contributed by atoms with van der Waals surface area (Å²) in [7, 11) is 0. The van der Waals surface area contributed by atoms with Gasteiger partial charge in [-0.3, -0.25) is 0 Å². The summed E-state index contributed by atoms with van der Waals surface area (Å²) in [6.07, 6.45) is 3.51. The summed E-state index contributed by atoms with van der Waals surface area (Å²) in [6, 6.07) is 6.64. The first kappa shape index (κ1) is 20.9. The molecule has 0 atom stereocenters. The Morgan fingerprint density at radius 1 is 1.21 bits per heavy atom. The van der Waals surface area contributed by atoms with Crippen molar-refractivity contribution in [3.8, 4) is 11.3 Å². The Hall–Kier alpha value is -1.83. The molecule has 1 aliphatic carbocycles. The maximum absolute atomic E-state index is 14.4. The van der Waals surface area contributed by atoms with Crippen LogP contribution in [0.25, 0.3) is 11.3 Å². The topological polar surface area (TPSA) is 59.1 Å². The summed E-state index contributed by atoms with van der Waals surface area (Å²) in [4.78, 5) is 29.1. The van der Waals surface area contributed by atoms with Gasteiger partial charge < -0.3 is 0 Å². The number of halogens is 2. The molecule has 1 heterocycles. The maximum atomic E-state index is 14.4. The van der Waals surface area contributed by atoms with E-state index in [9.17, 15) is 14.0 Å². The van der Waals surface area contributed by atoms with E-state index >= 15 is 0 Å². The Morgan fingerprint density at radius 2 is 1.93 bits per heavy atom. The predicted octanol–water partition coefficient (Wildman–Crippen LogP) is 1.36. The van der Waals surface area contributed by atoms with Gasteiger partial charge in [-0.05, 0) is 0 Å². The van der Waals surface area contributed by atoms with Crippen molar-refractivity contribution >= 4 is 9.70 Å². The first-order chi connectivity index (χ1) is 13.1. The fourth-order valence-electron chi connectivity index (χ4n) is 2.58. The molecule has 28 heavy (non-hydrogen) atoms. The van der Waals surface area contributed by atoms with Crippen molar-refractivity contribution in [1.29, 1.82) is 0 Å². The second kappa shape index (κ2) is 8.27. The van der Waals surface area contributed by atoms with Crippen LogP contribution in [0.15, 0.2) is 30.5 Å². The van der Waals surface area contributed by atoms with Crippen molar-refractivity contribution in [3.05, 3.63) is 53.0 Å². The van der Waals surface area contributed by atoms with Gasteiger partial charge in [0, 0.05) is 0 Å². The molecule has 0 aliphatic heterocycles. The molecule has 150 valence electrons. The van der Waals surface area contributed by atoms with E-state index in [0.29, 0.717) is 27.9 Å². The number of aromatic nitrogens is 1. The Labute approximate surface area is 175 Å². The van der Waals surface area contributed by atoms with Gasteiger partial charge >= 0.3 is 176 Å². The van der Waals surface area contributed by atoms with Crippen LogP contribution in [0, 0.1) is 18.2 Å². The number of hydrogen-bond acceptors (Lipinski definition) is 3. The summed E-state index contributed by atoms with van der Waals surface area (Å²) in [5.74, 6) is -0.696. The monoisotopic (exact) mass is 495 g/mol. The quantitative estimate of drug-likeness (QED) is 0.374. The molecule has 2 aromatic rings. The van der Waals surface area contributed by atoms with Crippen LogP contribution in [0.1, 0.15) is 59.9 Å². The van der Waals surface area contributed by atoms with Crippen LogP contribution >= 0.6 is 0 Å². The molecular weight excluding hydrogens is 470 g/mol. The van der Waals surface area contributed by atoms with Crippen molar-refractivity contribution in [2.75, 3.05) is 4.43 Å². The third kappa shape index (κ3) is 5.37. The van der Waals surface area contributed by atoms with Crippen molar-refractivity contribution in [2.45, 2.75) is 46.6 Å². The van der Waals surface area contributed by atoms with Crippen molar-refractivity contribution in [3.63, 3.8) is 0 Å². The van der Waals surface area contributed by atoms with Gasteiger partial charge in [-0.1, -0.05) is 0 Å². The number of amides is 1. The first-order valence-corrected chi connectivity index (χ1v) is 12.0. The van der Waals surface area contributed by atoms with Crippen LogP contribution in [0.4, 0.5) is 4.39 Å². The van der Waals surface area contributed by atoms with Crippen LogP contribution in [-0.4, -0.2) is 25.2 Å². The standard InChI is InChI=1S/C22H25FIN2O2/c1-13-17(9-15(10-18(13)23)21(28)26-16-6-7-16)19-8-5-14(11-25-19)20(27)24-12-22(2,3)4/h5,8-11,16H,6-7,12H2,1-4H3,(H,26,28)/q-1. The normalized spacial score (nSPS) is 14.2. The minimum absolute atomic E-state index is 0.145. The van der Waals surface area contributed by atoms with Crippen molar-refractivity contribution < 1.29 is 35.2 Å². The number of hydrogen-bond donors (Lipinski definition) is 1. The SMILES string of the molecule is Cc1c(F)cc(C(=O)NC2CC2)cc1-c1ccc(C(=O)[I-]CC(C)(C)C)cn1. The second-order valence-corrected chi connectivity index (χ2v) is 10.9. The van der Waals surface area contributed by atoms with Gasteiger partial charge in [-0.25, -0.2) is 0 Å². The molecule has 6 heteroatoms. The summed E-state index contributed by atoms with van der Waals surface area (Å²) in [6.45, 7) is 8.06. The number of pyridine rings is 1. The zero-order valence-electron chi connectivity index (χ0n) is 16.6. The molecule has 1 aliphatic rings. The van der Waals surface area contributed by atoms with Gasteiger partial charge in [0.1, 0.15) is 0 Å². The van der Waals surface area contributed by atoms with E-state index in [-0.39, 0.29) is 21.2 Å². The molecule has 0 bridgehead atoms. The molecule has 1 fully saturated rings. The van der Waals surface area contributed by atoms with Gasteiger partial charge in [0.15, 0.2) is 0 Å². The molecular formula is C22H25FIN2O2-. The molecule has 1 saturated carbocycles. The third-order valence-electron chi connectivity index (χ3n) is 4.37. The molecule has 0 unspecified atom stereocenters. The Morgan fingerprint density at radius 3 is 2.50 bits per heavy atom. The molecule has 3 rings (SSSR count). The number of rotatable bonds is 6. The van der Waals surface area contributed by atoms with E-state index in [1.165, 1.54) is 6.07 Å². The Balaban J connectivity index is 1.81. The van der Waals surface area contributed by atoms with E-state index < -0.39 is 27.0 Å². The summed E-state index contributed by atoms with van der Waals surface area (Å²) < 4.78 is 15.5. The number of alkyl halides is 1. The fourth-order valence-corrected chi connectivity index (χ4v) is 4.83. The van der Waals surface area contributed by atoms with E-state index in [1.54, 1.807) is 31.3 Å². The van der Waals surface area contributed by atoms with Crippen LogP contribution in [0.3, 0.4) is 0 Å². The summed E-state index contributed by atoms with van der Waals surface area (Å²) in [5, 5.41) is 2.88. The number of carbonyl (C=O) groups excluding carboxylic acids is 2. The second-order valence-electron chi connectivity index (χ2n) is 8.41. The van der Waals surface area contributed by atoms with Crippen LogP contribution in [0.5, 0.6) is 0 Å². The predicted molar refractivity (Wildman–Crippen MR) is 104 cm³/mol. The Bertz CT molecular complexity index is 900. The van der Waals surface area contributed by atoms with Gasteiger partial charge in [-0.2, -0.15) is 0 Å². The summed E-state index contributed by atoms with van der Waals surface area (Å²) in [5.41, 5.74) is 2.61. The van der Waals surface area contributed by atoms with Crippen LogP contribution in [0.2, 0.25) is 0 Å². The van der Waals surface area contributed by atoms with Crippen LogP contribution < -0.4 is 26.5 Å². The van der Waals surface area contributed by atoms with Gasteiger partial charge in [0.05, 0.1) is 0 Å². The molecule has 4 nitrogen and oxygen atoms in total. The third-order valence-corrected chi connectivity index (χ3v) is 8.36. The average Bonchev–Trinajstić information content (AvgIpc) is 3.45. The number of nitrogens with zero attached hydrogens (tertiary/aromatic N) is 1. The minimum atomic E-state index is -0.592. The number of carbonyl (C=O) groups is 2. The van der Waals surface area contributed by atoms with E-state index in [2.05, 4.69) is 31.1 Å². The zero-order chi connectivity index (χ0) is 20.5. The molecule has 1 aromatic heterocycles. The van der Waals surface area contributed by atoms with Gasteiger partial charge in [0.2, 0.25) is 0 Å². The van der Waals surface area contributed by atoms with E-state index in [1.807, 2.05) is 0 Å². The summed E-state index contributed by atoms with van der Waals surface area (Å²) >= 11 is -0.592. The van der Waals surface area contributed by atoms with Gasteiger partial charge in [0.25, 0.3) is 0 Å². The van der Waals surface area contributed by atoms with E-state index in [4.69, 9.17) is 0 Å². The average molecular weight is 495 g/mol. The zero-order valence-corrected chi connectivity index (χ0v) is 18.8. The first-order valence-electron chi connectivity index (χ1n) is 9.35. The van der Waals surface area contributed by atoms with Crippen molar-refractivity contribution in [1.82, 2.24) is 10.3 Å². The molecule has 0 radical (unpaired) electrons. The van der Waals surface area contributed by atoms with Crippen molar-refractivity contribution in [2.24, 2.45) is 5.41 Å². The van der Waals surface area contributed by atoms with E-state index in [0.717, 1.165) is 17.3 Å².